The van der Waals surface area contributed by atoms with E-state index in [-0.39, 0.29) is 13.2 Å². The van der Waals surface area contributed by atoms with Crippen molar-refractivity contribution in [2.24, 2.45) is 0 Å². The van der Waals surface area contributed by atoms with E-state index < -0.39 is 30.4 Å². The molecule has 1 saturated heterocycles. The van der Waals surface area contributed by atoms with Gasteiger partial charge in [-0.15, -0.1) is 11.8 Å². The quantitative estimate of drug-likeness (QED) is 0.373. The maximum atomic E-state index is 13.2. The van der Waals surface area contributed by atoms with Crippen LogP contribution in [-0.2, 0) is 16.1 Å². The van der Waals surface area contributed by atoms with E-state index in [9.17, 15) is 19.5 Å². The fraction of sp³-hybridized carbons (Fsp3) is 0.227. The van der Waals surface area contributed by atoms with Crippen LogP contribution in [0.15, 0.2) is 66.1 Å². The second-order valence-corrected chi connectivity index (χ2v) is 7.49. The molecule has 1 aliphatic heterocycles. The van der Waals surface area contributed by atoms with E-state index in [4.69, 9.17) is 4.74 Å². The highest BCUT2D eigenvalue weighted by Crippen LogP contribution is 2.32. The minimum Gasteiger partial charge on any atom is -0.489 e. The average molecular weight is 426 g/mol. The highest BCUT2D eigenvalue weighted by molar-refractivity contribution is 7.98. The van der Waals surface area contributed by atoms with Gasteiger partial charge in [0.1, 0.15) is 18.4 Å². The van der Waals surface area contributed by atoms with E-state index in [0.717, 1.165) is 9.80 Å². The van der Waals surface area contributed by atoms with E-state index in [2.05, 4.69) is 6.58 Å². The molecule has 0 aliphatic carbocycles. The molecule has 1 aliphatic rings. The van der Waals surface area contributed by atoms with Crippen LogP contribution < -0.4 is 9.64 Å². The summed E-state index contributed by atoms with van der Waals surface area (Å²) in [6.45, 7) is 3.96. The highest BCUT2D eigenvalue weighted by Gasteiger charge is 2.47. The Balaban J connectivity index is 1.95. The van der Waals surface area contributed by atoms with Crippen LogP contribution in [0.5, 0.6) is 5.75 Å². The van der Waals surface area contributed by atoms with Gasteiger partial charge in [-0.3, -0.25) is 9.59 Å². The lowest BCUT2D eigenvalue weighted by molar-refractivity contribution is -0.140. The highest BCUT2D eigenvalue weighted by atomic mass is 32.2. The van der Waals surface area contributed by atoms with Crippen molar-refractivity contribution in [3.63, 3.8) is 0 Å². The van der Waals surface area contributed by atoms with Crippen LogP contribution >= 0.6 is 11.8 Å². The van der Waals surface area contributed by atoms with Crippen LogP contribution in [0.1, 0.15) is 12.0 Å². The molecule has 30 heavy (non-hydrogen) atoms. The lowest BCUT2D eigenvalue weighted by Gasteiger charge is -2.22. The zero-order valence-corrected chi connectivity index (χ0v) is 17.3. The van der Waals surface area contributed by atoms with Gasteiger partial charge in [0, 0.05) is 10.5 Å². The van der Waals surface area contributed by atoms with Crippen LogP contribution in [0.3, 0.4) is 0 Å². The molecule has 3 amide bonds. The first-order chi connectivity index (χ1) is 14.5. The molecule has 0 spiro atoms. The molecular weight excluding hydrogens is 404 g/mol. The Hall–Kier alpha value is -3.26. The number of hydrogen-bond acceptors (Lipinski definition) is 5. The predicted octanol–water partition coefficient (Wildman–Crippen LogP) is 3.79. The van der Waals surface area contributed by atoms with Crippen LogP contribution in [-0.4, -0.2) is 46.8 Å². The van der Waals surface area contributed by atoms with Gasteiger partial charge < -0.3 is 14.7 Å². The van der Waals surface area contributed by atoms with E-state index in [0.29, 0.717) is 17.0 Å². The Morgan fingerprint density at radius 3 is 2.70 bits per heavy atom. The molecule has 0 unspecified atom stereocenters. The molecule has 0 aromatic heterocycles. The molecule has 156 valence electrons. The first-order valence-corrected chi connectivity index (χ1v) is 10.5. The summed E-state index contributed by atoms with van der Waals surface area (Å²) in [6.07, 6.45) is 3.03. The first-order valence-electron chi connectivity index (χ1n) is 9.28. The Kier molecular flexibility index (Phi) is 6.79. The number of hydrogen-bond donors (Lipinski definition) is 1. The number of anilines is 1. The van der Waals surface area contributed by atoms with Crippen molar-refractivity contribution in [2.45, 2.75) is 23.9 Å². The monoisotopic (exact) mass is 426 g/mol. The molecule has 2 aromatic carbocycles. The zero-order valence-electron chi connectivity index (χ0n) is 16.5. The predicted molar refractivity (Wildman–Crippen MR) is 115 cm³/mol. The van der Waals surface area contributed by atoms with E-state index in [1.54, 1.807) is 48.5 Å². The molecule has 1 N–H and O–H groups in total. The standard InChI is InChI=1S/C22H22N2O5S/c1-3-11-29-19-10-5-4-7-15(19)14-23-18(13-20(25)26)21(27)24(22(23)28)16-8-6-9-17(12-16)30-2/h3-10,12,18H,1,11,13-14H2,2H3,(H,25,26)/t18-/m0/s1. The van der Waals surface area contributed by atoms with Crippen LogP contribution in [0, 0.1) is 0 Å². The number of carbonyl (C=O) groups is 3. The number of rotatable bonds is 9. The maximum absolute atomic E-state index is 13.2. The number of carboxylic acids is 1. The summed E-state index contributed by atoms with van der Waals surface area (Å²) in [5, 5.41) is 9.32. The van der Waals surface area contributed by atoms with Gasteiger partial charge in [-0.05, 0) is 30.5 Å². The van der Waals surface area contributed by atoms with Crippen molar-refractivity contribution >= 4 is 35.4 Å². The fourth-order valence-electron chi connectivity index (χ4n) is 3.27. The third-order valence-corrected chi connectivity index (χ3v) is 5.39. The van der Waals surface area contributed by atoms with Crippen LogP contribution in [0.2, 0.25) is 0 Å². The average Bonchev–Trinajstić information content (AvgIpc) is 2.96. The number of aliphatic carboxylic acids is 1. The second kappa shape index (κ2) is 9.49. The Morgan fingerprint density at radius 2 is 2.00 bits per heavy atom. The smallest absolute Gasteiger partial charge is 0.332 e. The minimum absolute atomic E-state index is 0.0502. The molecule has 0 saturated carbocycles. The Bertz CT molecular complexity index is 978. The van der Waals surface area contributed by atoms with Crippen molar-refractivity contribution < 1.29 is 24.2 Å². The number of ether oxygens (including phenoxy) is 1. The molecule has 0 bridgehead atoms. The van der Waals surface area contributed by atoms with Crippen molar-refractivity contribution in [3.8, 4) is 5.75 Å². The number of amides is 3. The number of para-hydroxylation sites is 1. The molecule has 3 rings (SSSR count). The van der Waals surface area contributed by atoms with Gasteiger partial charge in [-0.1, -0.05) is 36.9 Å². The number of urea groups is 1. The van der Waals surface area contributed by atoms with Gasteiger partial charge in [-0.25, -0.2) is 9.69 Å². The molecule has 8 heteroatoms. The summed E-state index contributed by atoms with van der Waals surface area (Å²) in [6, 6.07) is 12.5. The molecule has 0 radical (unpaired) electrons. The van der Waals surface area contributed by atoms with E-state index in [1.807, 2.05) is 12.3 Å². The number of benzene rings is 2. The van der Waals surface area contributed by atoms with Gasteiger partial charge in [-0.2, -0.15) is 0 Å². The maximum Gasteiger partial charge on any atom is 0.332 e. The Morgan fingerprint density at radius 1 is 1.23 bits per heavy atom. The van der Waals surface area contributed by atoms with Gasteiger partial charge >= 0.3 is 12.0 Å². The fourth-order valence-corrected chi connectivity index (χ4v) is 3.73. The third kappa shape index (κ3) is 4.49. The van der Waals surface area contributed by atoms with Gasteiger partial charge in [0.25, 0.3) is 5.91 Å². The Labute approximate surface area is 178 Å². The molecule has 1 fully saturated rings. The summed E-state index contributed by atoms with van der Waals surface area (Å²) >= 11 is 1.49. The number of thioether (sulfide) groups is 1. The summed E-state index contributed by atoms with van der Waals surface area (Å²) in [7, 11) is 0. The summed E-state index contributed by atoms with van der Waals surface area (Å²) in [4.78, 5) is 40.9. The largest absolute Gasteiger partial charge is 0.489 e. The van der Waals surface area contributed by atoms with Crippen LogP contribution in [0.25, 0.3) is 0 Å². The SMILES string of the molecule is C=CCOc1ccccc1CN1C(=O)N(c2cccc(SC)c2)C(=O)[C@@H]1CC(=O)O. The summed E-state index contributed by atoms with van der Waals surface area (Å²) < 4.78 is 5.64. The summed E-state index contributed by atoms with van der Waals surface area (Å²) in [5.41, 5.74) is 1.10. The minimum atomic E-state index is -1.15. The molecule has 1 atom stereocenters. The molecule has 7 nitrogen and oxygen atoms in total. The third-order valence-electron chi connectivity index (χ3n) is 4.67. The van der Waals surface area contributed by atoms with E-state index >= 15 is 0 Å². The molecular formula is C22H22N2O5S. The number of imide groups is 1. The lowest BCUT2D eigenvalue weighted by atomic mass is 10.1. The van der Waals surface area contributed by atoms with E-state index in [1.165, 1.54) is 16.7 Å². The summed E-state index contributed by atoms with van der Waals surface area (Å²) in [5.74, 6) is -1.15. The van der Waals surface area contributed by atoms with Crippen molar-refractivity contribution in [1.29, 1.82) is 0 Å². The number of carboxylic acid groups (broad SMARTS) is 1. The van der Waals surface area contributed by atoms with Crippen molar-refractivity contribution in [3.05, 3.63) is 66.7 Å². The lowest BCUT2D eigenvalue weighted by Crippen LogP contribution is -2.36. The van der Waals surface area contributed by atoms with Gasteiger partial charge in [0.2, 0.25) is 0 Å². The zero-order chi connectivity index (χ0) is 21.7. The number of carbonyl (C=O) groups excluding carboxylic acids is 2. The number of nitrogens with zero attached hydrogens (tertiary/aromatic N) is 2. The van der Waals surface area contributed by atoms with Gasteiger partial charge in [0.05, 0.1) is 18.7 Å². The second-order valence-electron chi connectivity index (χ2n) is 6.61. The topological polar surface area (TPSA) is 87.2 Å². The molecule has 2 aromatic rings. The van der Waals surface area contributed by atoms with Crippen LogP contribution in [0.4, 0.5) is 10.5 Å². The first kappa shape index (κ1) is 21.4. The normalized spacial score (nSPS) is 16.1. The van der Waals surface area contributed by atoms with Crippen molar-refractivity contribution in [1.82, 2.24) is 4.90 Å². The van der Waals surface area contributed by atoms with Crippen molar-refractivity contribution in [2.75, 3.05) is 17.8 Å². The molecule has 1 heterocycles. The van der Waals surface area contributed by atoms with Gasteiger partial charge in [0.15, 0.2) is 0 Å².